The molecule has 3 N–H and O–H groups in total. The Balaban J connectivity index is 2.58. The molecule has 0 amide bonds. The van der Waals surface area contributed by atoms with Crippen molar-refractivity contribution in [2.75, 3.05) is 0 Å². The standard InChI is InChI=1S/C22H34O6/c1-21(2,20(26)27)13-7-5-9-16-11-12-18(24)17(19(16)25)10-6-8-14-22(3,4)28-15-23/h11-12,15,24-25H,5-10,13-14H2,1-4H3,(H,26,27). The lowest BCUT2D eigenvalue weighted by molar-refractivity contribution is -0.147. The second-order valence-corrected chi connectivity index (χ2v) is 8.65. The van der Waals surface area contributed by atoms with Crippen LogP contribution in [0.2, 0.25) is 0 Å². The van der Waals surface area contributed by atoms with Crippen LogP contribution in [0, 0.1) is 5.41 Å². The summed E-state index contributed by atoms with van der Waals surface area (Å²) >= 11 is 0. The Morgan fingerprint density at radius 1 is 1.00 bits per heavy atom. The van der Waals surface area contributed by atoms with Crippen LogP contribution >= 0.6 is 0 Å². The largest absolute Gasteiger partial charge is 0.508 e. The number of unbranched alkanes of at least 4 members (excludes halogenated alkanes) is 2. The maximum atomic E-state index is 11.2. The topological polar surface area (TPSA) is 104 Å². The van der Waals surface area contributed by atoms with Gasteiger partial charge in [0.25, 0.3) is 6.47 Å². The molecule has 0 fully saturated rings. The van der Waals surface area contributed by atoms with Crippen molar-refractivity contribution >= 4 is 12.4 Å². The molecule has 0 bridgehead atoms. The number of hydrogen-bond donors (Lipinski definition) is 3. The van der Waals surface area contributed by atoms with Gasteiger partial charge in [-0.3, -0.25) is 9.59 Å². The molecule has 0 spiro atoms. The van der Waals surface area contributed by atoms with Crippen LogP contribution in [0.1, 0.15) is 77.3 Å². The minimum atomic E-state index is -0.802. The molecule has 158 valence electrons. The molecule has 0 unspecified atom stereocenters. The fourth-order valence-corrected chi connectivity index (χ4v) is 3.15. The highest BCUT2D eigenvalue weighted by atomic mass is 16.5. The molecule has 0 saturated carbocycles. The summed E-state index contributed by atoms with van der Waals surface area (Å²) in [4.78, 5) is 21.6. The van der Waals surface area contributed by atoms with E-state index in [0.29, 0.717) is 37.7 Å². The lowest BCUT2D eigenvalue weighted by Crippen LogP contribution is -2.23. The average Bonchev–Trinajstić information content (AvgIpc) is 2.59. The molecule has 0 aliphatic rings. The summed E-state index contributed by atoms with van der Waals surface area (Å²) in [5.41, 5.74) is 0.0454. The van der Waals surface area contributed by atoms with Crippen molar-refractivity contribution in [2.24, 2.45) is 5.41 Å². The van der Waals surface area contributed by atoms with E-state index < -0.39 is 17.0 Å². The molecule has 6 nitrogen and oxygen atoms in total. The van der Waals surface area contributed by atoms with E-state index in [1.54, 1.807) is 26.0 Å². The number of carboxylic acids is 1. The van der Waals surface area contributed by atoms with E-state index in [-0.39, 0.29) is 11.5 Å². The monoisotopic (exact) mass is 394 g/mol. The lowest BCUT2D eigenvalue weighted by Gasteiger charge is -2.22. The van der Waals surface area contributed by atoms with Crippen molar-refractivity contribution in [3.05, 3.63) is 23.3 Å². The number of aliphatic carboxylic acids is 1. The highest BCUT2D eigenvalue weighted by Gasteiger charge is 2.26. The van der Waals surface area contributed by atoms with E-state index in [0.717, 1.165) is 31.2 Å². The second kappa shape index (κ2) is 10.3. The fraction of sp³-hybridized carbons (Fsp3) is 0.636. The minimum absolute atomic E-state index is 0.0802. The van der Waals surface area contributed by atoms with Crippen molar-refractivity contribution in [3.8, 4) is 11.5 Å². The second-order valence-electron chi connectivity index (χ2n) is 8.65. The molecule has 0 heterocycles. The van der Waals surface area contributed by atoms with Gasteiger partial charge in [-0.1, -0.05) is 12.5 Å². The van der Waals surface area contributed by atoms with Gasteiger partial charge in [0, 0.05) is 5.56 Å². The van der Waals surface area contributed by atoms with Crippen molar-refractivity contribution < 1.29 is 29.6 Å². The summed E-state index contributed by atoms with van der Waals surface area (Å²) in [5, 5.41) is 29.8. The summed E-state index contributed by atoms with van der Waals surface area (Å²) in [5.74, 6) is -0.596. The first-order valence-corrected chi connectivity index (χ1v) is 9.88. The van der Waals surface area contributed by atoms with Crippen LogP contribution in [0.15, 0.2) is 12.1 Å². The third-order valence-electron chi connectivity index (χ3n) is 5.24. The number of aryl methyl sites for hydroxylation is 1. The maximum absolute atomic E-state index is 11.2. The third kappa shape index (κ3) is 7.41. The van der Waals surface area contributed by atoms with Crippen molar-refractivity contribution in [2.45, 2.75) is 84.7 Å². The lowest BCUT2D eigenvalue weighted by atomic mass is 9.86. The van der Waals surface area contributed by atoms with E-state index in [1.165, 1.54) is 0 Å². The molecule has 6 heteroatoms. The Morgan fingerprint density at radius 2 is 1.61 bits per heavy atom. The third-order valence-corrected chi connectivity index (χ3v) is 5.24. The predicted octanol–water partition coefficient (Wildman–Crippen LogP) is 4.59. The number of carbonyl (C=O) groups excluding carboxylic acids is 1. The highest BCUT2D eigenvalue weighted by Crippen LogP contribution is 2.34. The predicted molar refractivity (Wildman–Crippen MR) is 108 cm³/mol. The van der Waals surface area contributed by atoms with E-state index in [4.69, 9.17) is 9.84 Å². The number of rotatable bonds is 13. The smallest absolute Gasteiger partial charge is 0.309 e. The number of carbonyl (C=O) groups is 2. The summed E-state index contributed by atoms with van der Waals surface area (Å²) < 4.78 is 5.03. The van der Waals surface area contributed by atoms with Gasteiger partial charge in [0.05, 0.1) is 5.41 Å². The Labute approximate surface area is 167 Å². The Bertz CT molecular complexity index is 663. The van der Waals surface area contributed by atoms with E-state index in [1.807, 2.05) is 13.8 Å². The molecular weight excluding hydrogens is 360 g/mol. The minimum Gasteiger partial charge on any atom is -0.508 e. The van der Waals surface area contributed by atoms with Crippen LogP contribution in [0.25, 0.3) is 0 Å². The van der Waals surface area contributed by atoms with Crippen molar-refractivity contribution in [3.63, 3.8) is 0 Å². The number of aromatic hydroxyl groups is 2. The van der Waals surface area contributed by atoms with E-state index in [9.17, 15) is 19.8 Å². The first-order valence-electron chi connectivity index (χ1n) is 9.88. The highest BCUT2D eigenvalue weighted by molar-refractivity contribution is 5.73. The van der Waals surface area contributed by atoms with Crippen molar-refractivity contribution in [1.29, 1.82) is 0 Å². The molecule has 0 atom stereocenters. The Morgan fingerprint density at radius 3 is 2.21 bits per heavy atom. The van der Waals surface area contributed by atoms with Gasteiger partial charge >= 0.3 is 5.97 Å². The van der Waals surface area contributed by atoms with Crippen LogP contribution in [0.5, 0.6) is 11.5 Å². The SMILES string of the molecule is CC(C)(CCCCc1c(O)ccc(CCCCC(C)(C)C(=O)O)c1O)OC=O. The maximum Gasteiger partial charge on any atom is 0.309 e. The zero-order valence-electron chi connectivity index (χ0n) is 17.5. The molecule has 0 radical (unpaired) electrons. The van der Waals surface area contributed by atoms with Crippen LogP contribution in [0.4, 0.5) is 0 Å². The Kier molecular flexibility index (Phi) is 8.79. The zero-order chi connectivity index (χ0) is 21.4. The molecule has 1 aromatic rings. The molecule has 28 heavy (non-hydrogen) atoms. The number of benzene rings is 1. The van der Waals surface area contributed by atoms with E-state index >= 15 is 0 Å². The summed E-state index contributed by atoms with van der Waals surface area (Å²) in [7, 11) is 0. The molecule has 1 rings (SSSR count). The van der Waals surface area contributed by atoms with Crippen LogP contribution in [-0.2, 0) is 27.2 Å². The van der Waals surface area contributed by atoms with E-state index in [2.05, 4.69) is 0 Å². The number of ether oxygens (including phenoxy) is 1. The van der Waals surface area contributed by atoms with Gasteiger partial charge in [-0.15, -0.1) is 0 Å². The normalized spacial score (nSPS) is 12.0. The fourth-order valence-electron chi connectivity index (χ4n) is 3.15. The van der Waals surface area contributed by atoms with Gasteiger partial charge in [-0.2, -0.15) is 0 Å². The number of hydrogen-bond acceptors (Lipinski definition) is 5. The van der Waals surface area contributed by atoms with Crippen molar-refractivity contribution in [1.82, 2.24) is 0 Å². The number of phenols is 2. The van der Waals surface area contributed by atoms with Gasteiger partial charge in [-0.05, 0) is 84.3 Å². The Hall–Kier alpha value is -2.24. The van der Waals surface area contributed by atoms with Gasteiger partial charge in [0.1, 0.15) is 17.1 Å². The molecule has 0 aliphatic heterocycles. The average molecular weight is 395 g/mol. The van der Waals surface area contributed by atoms with Crippen LogP contribution in [-0.4, -0.2) is 33.4 Å². The summed E-state index contributed by atoms with van der Waals surface area (Å²) in [6.07, 6.45) is 5.52. The quantitative estimate of drug-likeness (QED) is 0.334. The molecule has 0 saturated heterocycles. The zero-order valence-corrected chi connectivity index (χ0v) is 17.5. The van der Waals surface area contributed by atoms with Gasteiger partial charge in [0.2, 0.25) is 0 Å². The molecule has 0 aliphatic carbocycles. The van der Waals surface area contributed by atoms with Crippen LogP contribution < -0.4 is 0 Å². The first-order chi connectivity index (χ1) is 13.0. The van der Waals surface area contributed by atoms with Gasteiger partial charge in [0.15, 0.2) is 0 Å². The van der Waals surface area contributed by atoms with Gasteiger partial charge < -0.3 is 20.1 Å². The number of carboxylic acid groups (broad SMARTS) is 1. The first kappa shape index (κ1) is 23.8. The van der Waals surface area contributed by atoms with Crippen LogP contribution in [0.3, 0.4) is 0 Å². The van der Waals surface area contributed by atoms with Gasteiger partial charge in [-0.25, -0.2) is 0 Å². The molecule has 0 aromatic heterocycles. The summed E-state index contributed by atoms with van der Waals surface area (Å²) in [6, 6.07) is 3.32. The molecular formula is C22H34O6. The molecule has 1 aromatic carbocycles. The number of phenolic OH excluding ortho intramolecular Hbond substituents is 2. The summed E-state index contributed by atoms with van der Waals surface area (Å²) in [6.45, 7) is 7.59.